The van der Waals surface area contributed by atoms with E-state index in [4.69, 9.17) is 0 Å². The van der Waals surface area contributed by atoms with Crippen LogP contribution in [0.1, 0.15) is 23.4 Å². The molecule has 4 rings (SSSR count). The van der Waals surface area contributed by atoms with Gasteiger partial charge in [-0.15, -0.1) is 0 Å². The average Bonchev–Trinajstić information content (AvgIpc) is 3.16. The van der Waals surface area contributed by atoms with Crippen LogP contribution in [0.2, 0.25) is 0 Å². The highest BCUT2D eigenvalue weighted by Crippen LogP contribution is 2.29. The molecule has 0 aliphatic heterocycles. The maximum atomic E-state index is 12.3. The van der Waals surface area contributed by atoms with Crippen LogP contribution in [-0.2, 0) is 24.7 Å². The van der Waals surface area contributed by atoms with Gasteiger partial charge < -0.3 is 9.67 Å². The second-order valence-electron chi connectivity index (χ2n) is 6.15. The summed E-state index contributed by atoms with van der Waals surface area (Å²) >= 11 is 0. The second kappa shape index (κ2) is 6.05. The Balaban J connectivity index is 1.50. The first-order valence-corrected chi connectivity index (χ1v) is 8.20. The van der Waals surface area contributed by atoms with Gasteiger partial charge in [0.1, 0.15) is 11.6 Å². The van der Waals surface area contributed by atoms with Crippen molar-refractivity contribution in [2.75, 3.05) is 0 Å². The molecule has 25 heavy (non-hydrogen) atoms. The first kappa shape index (κ1) is 15.4. The third kappa shape index (κ3) is 2.76. The molecule has 0 unspecified atom stereocenters. The molecule has 6 nitrogen and oxygen atoms in total. The number of hydrogen-bond acceptors (Lipinski definition) is 4. The molecule has 1 aliphatic rings. The molecule has 0 bridgehead atoms. The SMILES string of the molecule is Cn1c(CC(=O)N/N=C2\CCc3c(O)cccc32)nc2ccccc21. The number of rotatable bonds is 3. The highest BCUT2D eigenvalue weighted by atomic mass is 16.3. The van der Waals surface area contributed by atoms with Crippen LogP contribution in [0.5, 0.6) is 5.75 Å². The van der Waals surface area contributed by atoms with E-state index < -0.39 is 0 Å². The first-order chi connectivity index (χ1) is 12.1. The van der Waals surface area contributed by atoms with Gasteiger partial charge in [-0.25, -0.2) is 10.4 Å². The van der Waals surface area contributed by atoms with Crippen LogP contribution in [-0.4, -0.2) is 26.3 Å². The fraction of sp³-hybridized carbons (Fsp3) is 0.211. The summed E-state index contributed by atoms with van der Waals surface area (Å²) in [6.45, 7) is 0. The third-order valence-corrected chi connectivity index (χ3v) is 4.59. The largest absolute Gasteiger partial charge is 0.508 e. The van der Waals surface area contributed by atoms with Crippen molar-refractivity contribution in [2.24, 2.45) is 12.1 Å². The van der Waals surface area contributed by atoms with E-state index in [9.17, 15) is 9.90 Å². The van der Waals surface area contributed by atoms with Gasteiger partial charge in [-0.3, -0.25) is 4.79 Å². The molecule has 2 N–H and O–H groups in total. The summed E-state index contributed by atoms with van der Waals surface area (Å²) in [4.78, 5) is 16.8. The maximum Gasteiger partial charge on any atom is 0.247 e. The van der Waals surface area contributed by atoms with Crippen molar-refractivity contribution in [3.63, 3.8) is 0 Å². The fourth-order valence-electron chi connectivity index (χ4n) is 3.27. The number of nitrogens with one attached hydrogen (secondary N) is 1. The number of aryl methyl sites for hydroxylation is 1. The second-order valence-corrected chi connectivity index (χ2v) is 6.15. The molecular formula is C19H18N4O2. The van der Waals surface area contributed by atoms with Crippen molar-refractivity contribution in [1.29, 1.82) is 0 Å². The summed E-state index contributed by atoms with van der Waals surface area (Å²) in [6.07, 6.45) is 1.61. The minimum absolute atomic E-state index is 0.162. The zero-order valence-electron chi connectivity index (χ0n) is 13.9. The average molecular weight is 334 g/mol. The summed E-state index contributed by atoms with van der Waals surface area (Å²) in [6, 6.07) is 13.2. The summed E-state index contributed by atoms with van der Waals surface area (Å²) < 4.78 is 1.92. The maximum absolute atomic E-state index is 12.3. The number of carbonyl (C=O) groups excluding carboxylic acids is 1. The van der Waals surface area contributed by atoms with Crippen LogP contribution in [0.15, 0.2) is 47.6 Å². The number of phenolic OH excluding ortho intramolecular Hbond substituents is 1. The highest BCUT2D eigenvalue weighted by Gasteiger charge is 2.21. The number of para-hydroxylation sites is 2. The number of aromatic hydroxyl groups is 1. The quantitative estimate of drug-likeness (QED) is 0.721. The Hall–Kier alpha value is -3.15. The van der Waals surface area contributed by atoms with E-state index in [1.807, 2.05) is 41.9 Å². The summed E-state index contributed by atoms with van der Waals surface area (Å²) in [7, 11) is 1.90. The van der Waals surface area contributed by atoms with Crippen molar-refractivity contribution in [2.45, 2.75) is 19.3 Å². The van der Waals surface area contributed by atoms with Crippen LogP contribution < -0.4 is 5.43 Å². The summed E-state index contributed by atoms with van der Waals surface area (Å²) in [5.74, 6) is 0.775. The van der Waals surface area contributed by atoms with Crippen LogP contribution in [0.4, 0.5) is 0 Å². The molecule has 0 radical (unpaired) electrons. The van der Waals surface area contributed by atoms with Crippen molar-refractivity contribution in [3.8, 4) is 5.75 Å². The van der Waals surface area contributed by atoms with Crippen LogP contribution in [0.3, 0.4) is 0 Å². The number of imidazole rings is 1. The van der Waals surface area contributed by atoms with E-state index in [-0.39, 0.29) is 18.1 Å². The Morgan fingerprint density at radius 1 is 1.24 bits per heavy atom. The van der Waals surface area contributed by atoms with Crippen LogP contribution >= 0.6 is 0 Å². The third-order valence-electron chi connectivity index (χ3n) is 4.59. The fourth-order valence-corrected chi connectivity index (χ4v) is 3.27. The molecule has 1 heterocycles. The van der Waals surface area contributed by atoms with Crippen molar-refractivity contribution in [1.82, 2.24) is 15.0 Å². The van der Waals surface area contributed by atoms with Crippen molar-refractivity contribution >= 4 is 22.7 Å². The number of phenols is 1. The van der Waals surface area contributed by atoms with E-state index in [0.717, 1.165) is 34.3 Å². The number of fused-ring (bicyclic) bond motifs is 2. The predicted octanol–water partition coefficient (Wildman–Crippen LogP) is 2.29. The summed E-state index contributed by atoms with van der Waals surface area (Å²) in [5.41, 5.74) is 7.09. The van der Waals surface area contributed by atoms with Crippen molar-refractivity contribution < 1.29 is 9.90 Å². The number of benzene rings is 2. The lowest BCUT2D eigenvalue weighted by Gasteiger charge is -2.04. The molecule has 1 aliphatic carbocycles. The Morgan fingerprint density at radius 3 is 2.92 bits per heavy atom. The molecule has 6 heteroatoms. The Labute approximate surface area is 144 Å². The molecule has 0 atom stereocenters. The monoisotopic (exact) mass is 334 g/mol. The molecular weight excluding hydrogens is 316 g/mol. The lowest BCUT2D eigenvalue weighted by Crippen LogP contribution is -2.22. The van der Waals surface area contributed by atoms with Crippen LogP contribution in [0, 0.1) is 0 Å². The smallest absolute Gasteiger partial charge is 0.247 e. The van der Waals surface area contributed by atoms with Gasteiger partial charge in [0.05, 0.1) is 23.2 Å². The molecule has 126 valence electrons. The van der Waals surface area contributed by atoms with Gasteiger partial charge in [-0.05, 0) is 31.0 Å². The van der Waals surface area contributed by atoms with E-state index >= 15 is 0 Å². The predicted molar refractivity (Wildman–Crippen MR) is 95.5 cm³/mol. The number of nitrogens with zero attached hydrogens (tertiary/aromatic N) is 3. The van der Waals surface area contributed by atoms with E-state index in [2.05, 4.69) is 15.5 Å². The highest BCUT2D eigenvalue weighted by molar-refractivity contribution is 6.05. The molecule has 0 fully saturated rings. The minimum Gasteiger partial charge on any atom is -0.508 e. The zero-order valence-corrected chi connectivity index (χ0v) is 13.9. The number of aromatic nitrogens is 2. The van der Waals surface area contributed by atoms with E-state index in [1.165, 1.54) is 0 Å². The Morgan fingerprint density at radius 2 is 2.08 bits per heavy atom. The van der Waals surface area contributed by atoms with E-state index in [1.54, 1.807) is 12.1 Å². The number of carbonyl (C=O) groups is 1. The van der Waals surface area contributed by atoms with Gasteiger partial charge in [-0.2, -0.15) is 5.10 Å². The topological polar surface area (TPSA) is 79.5 Å². The minimum atomic E-state index is -0.209. The number of hydrazone groups is 1. The van der Waals surface area contributed by atoms with Crippen LogP contribution in [0.25, 0.3) is 11.0 Å². The first-order valence-electron chi connectivity index (χ1n) is 8.20. The van der Waals surface area contributed by atoms with E-state index in [0.29, 0.717) is 12.2 Å². The molecule has 0 spiro atoms. The zero-order chi connectivity index (χ0) is 17.4. The van der Waals surface area contributed by atoms with Gasteiger partial charge in [-0.1, -0.05) is 24.3 Å². The normalized spacial score (nSPS) is 14.8. The van der Waals surface area contributed by atoms with Gasteiger partial charge in [0, 0.05) is 18.2 Å². The molecule has 0 saturated heterocycles. The number of hydrogen-bond donors (Lipinski definition) is 2. The van der Waals surface area contributed by atoms with Crippen molar-refractivity contribution in [3.05, 3.63) is 59.4 Å². The number of amides is 1. The molecule has 1 amide bonds. The lowest BCUT2D eigenvalue weighted by molar-refractivity contribution is -0.120. The Kier molecular flexibility index (Phi) is 3.72. The van der Waals surface area contributed by atoms with Gasteiger partial charge in [0.15, 0.2) is 0 Å². The summed E-state index contributed by atoms with van der Waals surface area (Å²) in [5, 5.41) is 14.1. The molecule has 2 aromatic carbocycles. The standard InChI is InChI=1S/C19H18N4O2/c1-23-16-7-3-2-6-15(16)20-18(23)11-19(25)22-21-14-10-9-13-12(14)5-4-8-17(13)24/h2-8,24H,9-11H2,1H3,(H,22,25)/b21-14+. The molecule has 3 aromatic rings. The van der Waals surface area contributed by atoms with Gasteiger partial charge in [0.2, 0.25) is 5.91 Å². The molecule has 0 saturated carbocycles. The van der Waals surface area contributed by atoms with Gasteiger partial charge >= 0.3 is 0 Å². The van der Waals surface area contributed by atoms with Gasteiger partial charge in [0.25, 0.3) is 0 Å². The Bertz CT molecular complexity index is 1000. The lowest BCUT2D eigenvalue weighted by atomic mass is 10.1. The molecule has 1 aromatic heterocycles.